The Labute approximate surface area is 101 Å². The van der Waals surface area contributed by atoms with Crippen LogP contribution in [-0.4, -0.2) is 29.0 Å². The van der Waals surface area contributed by atoms with Gasteiger partial charge in [-0.1, -0.05) is 19.3 Å². The molecule has 0 bridgehead atoms. The molecule has 0 aromatic carbocycles. The lowest BCUT2D eigenvalue weighted by atomic mass is 9.83. The molecule has 0 N–H and O–H groups in total. The predicted octanol–water partition coefficient (Wildman–Crippen LogP) is 2.25. The van der Waals surface area contributed by atoms with Gasteiger partial charge < -0.3 is 4.74 Å². The van der Waals surface area contributed by atoms with Crippen molar-refractivity contribution in [2.75, 3.05) is 7.11 Å². The second-order valence-electron chi connectivity index (χ2n) is 4.51. The molecule has 4 nitrogen and oxygen atoms in total. The highest BCUT2D eigenvalue weighted by atomic mass is 16.5. The maximum absolute atomic E-state index is 12.2. The van der Waals surface area contributed by atoms with Gasteiger partial charge in [0.2, 0.25) is 5.78 Å². The molecule has 0 saturated heterocycles. The Morgan fingerprint density at radius 3 is 2.71 bits per heavy atom. The first kappa shape index (κ1) is 12.2. The van der Waals surface area contributed by atoms with E-state index in [2.05, 4.69) is 9.97 Å². The topological polar surface area (TPSA) is 52.1 Å². The number of carbonyl (C=O) groups is 1. The van der Waals surface area contributed by atoms with Gasteiger partial charge in [0.15, 0.2) is 0 Å². The molecule has 1 atom stereocenters. The van der Waals surface area contributed by atoms with Crippen molar-refractivity contribution >= 4 is 5.78 Å². The summed E-state index contributed by atoms with van der Waals surface area (Å²) in [4.78, 5) is 20.2. The van der Waals surface area contributed by atoms with Crippen molar-refractivity contribution in [2.45, 2.75) is 38.2 Å². The molecule has 2 rings (SSSR count). The van der Waals surface area contributed by atoms with Crippen LogP contribution in [0.5, 0.6) is 0 Å². The van der Waals surface area contributed by atoms with Crippen molar-refractivity contribution in [1.29, 1.82) is 0 Å². The van der Waals surface area contributed by atoms with Crippen LogP contribution in [0.4, 0.5) is 0 Å². The van der Waals surface area contributed by atoms with E-state index in [-0.39, 0.29) is 11.9 Å². The van der Waals surface area contributed by atoms with Gasteiger partial charge in [-0.25, -0.2) is 4.98 Å². The average Bonchev–Trinajstić information content (AvgIpc) is 2.42. The molecule has 0 aliphatic heterocycles. The van der Waals surface area contributed by atoms with Gasteiger partial charge in [-0.15, -0.1) is 0 Å². The standard InChI is InChI=1S/C13H18N2O2/c1-17-13(10-5-3-2-4-6-10)12(16)11-9-14-7-8-15-11/h7-10,13H,2-6H2,1H3. The third-order valence-corrected chi connectivity index (χ3v) is 3.41. The quantitative estimate of drug-likeness (QED) is 0.750. The number of ketones is 1. The van der Waals surface area contributed by atoms with E-state index in [9.17, 15) is 4.79 Å². The molecule has 1 saturated carbocycles. The Kier molecular flexibility index (Phi) is 4.20. The van der Waals surface area contributed by atoms with Gasteiger partial charge in [0.25, 0.3) is 0 Å². The van der Waals surface area contributed by atoms with Crippen molar-refractivity contribution < 1.29 is 9.53 Å². The Bertz CT molecular complexity index is 361. The number of carbonyl (C=O) groups excluding carboxylic acids is 1. The molecule has 1 aromatic heterocycles. The number of methoxy groups -OCH3 is 1. The lowest BCUT2D eigenvalue weighted by molar-refractivity contribution is 0.0309. The number of ether oxygens (including phenoxy) is 1. The van der Waals surface area contributed by atoms with E-state index in [1.807, 2.05) is 0 Å². The van der Waals surface area contributed by atoms with E-state index < -0.39 is 0 Å². The van der Waals surface area contributed by atoms with Crippen LogP contribution in [0.2, 0.25) is 0 Å². The van der Waals surface area contributed by atoms with Crippen molar-refractivity contribution in [1.82, 2.24) is 9.97 Å². The summed E-state index contributed by atoms with van der Waals surface area (Å²) in [6, 6.07) is 0. The van der Waals surface area contributed by atoms with E-state index >= 15 is 0 Å². The summed E-state index contributed by atoms with van der Waals surface area (Å²) in [5.41, 5.74) is 0.407. The van der Waals surface area contributed by atoms with E-state index in [1.165, 1.54) is 25.5 Å². The summed E-state index contributed by atoms with van der Waals surface area (Å²) in [6.45, 7) is 0. The number of aromatic nitrogens is 2. The van der Waals surface area contributed by atoms with Crippen molar-refractivity contribution in [3.8, 4) is 0 Å². The minimum absolute atomic E-state index is 0.0347. The van der Waals surface area contributed by atoms with Crippen LogP contribution in [0.1, 0.15) is 42.6 Å². The number of hydrogen-bond donors (Lipinski definition) is 0. The second-order valence-corrected chi connectivity index (χ2v) is 4.51. The monoisotopic (exact) mass is 234 g/mol. The molecule has 0 spiro atoms. The molecule has 1 heterocycles. The lowest BCUT2D eigenvalue weighted by Gasteiger charge is -2.27. The van der Waals surface area contributed by atoms with Gasteiger partial charge >= 0.3 is 0 Å². The zero-order chi connectivity index (χ0) is 12.1. The first-order chi connectivity index (χ1) is 8.33. The summed E-state index contributed by atoms with van der Waals surface area (Å²) < 4.78 is 5.39. The molecule has 1 aliphatic carbocycles. The van der Waals surface area contributed by atoms with Crippen molar-refractivity contribution in [3.63, 3.8) is 0 Å². The normalized spacial score (nSPS) is 18.9. The summed E-state index contributed by atoms with van der Waals surface area (Å²) >= 11 is 0. The minimum atomic E-state index is -0.355. The first-order valence-electron chi connectivity index (χ1n) is 6.16. The molecular weight excluding hydrogens is 216 g/mol. The molecule has 1 fully saturated rings. The van der Waals surface area contributed by atoms with Gasteiger partial charge in [0.05, 0.1) is 6.20 Å². The first-order valence-corrected chi connectivity index (χ1v) is 6.16. The van der Waals surface area contributed by atoms with Gasteiger partial charge in [-0.3, -0.25) is 9.78 Å². The zero-order valence-electron chi connectivity index (χ0n) is 10.1. The highest BCUT2D eigenvalue weighted by Crippen LogP contribution is 2.29. The summed E-state index contributed by atoms with van der Waals surface area (Å²) in [7, 11) is 1.60. The summed E-state index contributed by atoms with van der Waals surface area (Å²) in [5, 5.41) is 0. The molecule has 92 valence electrons. The molecule has 17 heavy (non-hydrogen) atoms. The average molecular weight is 234 g/mol. The fourth-order valence-corrected chi connectivity index (χ4v) is 2.52. The Balaban J connectivity index is 2.09. The number of hydrogen-bond acceptors (Lipinski definition) is 4. The Hall–Kier alpha value is -1.29. The number of Topliss-reactive ketones (excluding diaryl/α,β-unsaturated/α-hetero) is 1. The molecule has 1 aliphatic rings. The fraction of sp³-hybridized carbons (Fsp3) is 0.615. The largest absolute Gasteiger partial charge is 0.373 e. The highest BCUT2D eigenvalue weighted by molar-refractivity contribution is 5.97. The molecule has 0 amide bonds. The smallest absolute Gasteiger partial charge is 0.211 e. The summed E-state index contributed by atoms with van der Waals surface area (Å²) in [6.07, 6.45) is 10.1. The van der Waals surface area contributed by atoms with Crippen molar-refractivity contribution in [2.24, 2.45) is 5.92 Å². The van der Waals surface area contributed by atoms with Crippen LogP contribution in [0.3, 0.4) is 0 Å². The maximum atomic E-state index is 12.2. The number of nitrogens with zero attached hydrogens (tertiary/aromatic N) is 2. The van der Waals surface area contributed by atoms with Crippen LogP contribution in [0.15, 0.2) is 18.6 Å². The third kappa shape index (κ3) is 2.88. The van der Waals surface area contributed by atoms with Gasteiger partial charge in [0, 0.05) is 19.5 Å². The van der Waals surface area contributed by atoms with E-state index in [0.29, 0.717) is 11.6 Å². The third-order valence-electron chi connectivity index (χ3n) is 3.41. The van der Waals surface area contributed by atoms with Crippen LogP contribution < -0.4 is 0 Å². The van der Waals surface area contributed by atoms with E-state index in [4.69, 9.17) is 4.74 Å². The highest BCUT2D eigenvalue weighted by Gasteiger charge is 2.30. The Morgan fingerprint density at radius 1 is 1.35 bits per heavy atom. The molecule has 4 heteroatoms. The fourth-order valence-electron chi connectivity index (χ4n) is 2.52. The minimum Gasteiger partial charge on any atom is -0.373 e. The van der Waals surface area contributed by atoms with Crippen LogP contribution in [-0.2, 0) is 4.74 Å². The second kappa shape index (κ2) is 5.87. The SMILES string of the molecule is COC(C(=O)c1cnccn1)C1CCCCC1. The lowest BCUT2D eigenvalue weighted by Crippen LogP contribution is -2.33. The molecular formula is C13H18N2O2. The molecule has 1 unspecified atom stereocenters. The molecule has 0 radical (unpaired) electrons. The van der Waals surface area contributed by atoms with E-state index in [0.717, 1.165) is 12.8 Å². The number of rotatable bonds is 4. The van der Waals surface area contributed by atoms with Crippen LogP contribution in [0.25, 0.3) is 0 Å². The van der Waals surface area contributed by atoms with Crippen LogP contribution in [0, 0.1) is 5.92 Å². The van der Waals surface area contributed by atoms with Gasteiger partial charge in [0.1, 0.15) is 11.8 Å². The molecule has 1 aromatic rings. The Morgan fingerprint density at radius 2 is 2.12 bits per heavy atom. The van der Waals surface area contributed by atoms with Gasteiger partial charge in [-0.05, 0) is 18.8 Å². The zero-order valence-corrected chi connectivity index (χ0v) is 10.1. The maximum Gasteiger partial charge on any atom is 0.211 e. The van der Waals surface area contributed by atoms with Gasteiger partial charge in [-0.2, -0.15) is 0 Å². The van der Waals surface area contributed by atoms with Crippen LogP contribution >= 0.6 is 0 Å². The predicted molar refractivity (Wildman–Crippen MR) is 63.7 cm³/mol. The summed E-state index contributed by atoms with van der Waals surface area (Å²) in [5.74, 6) is 0.302. The van der Waals surface area contributed by atoms with Crippen molar-refractivity contribution in [3.05, 3.63) is 24.3 Å². The van der Waals surface area contributed by atoms with E-state index in [1.54, 1.807) is 19.5 Å².